The maximum absolute atomic E-state index is 13.0. The van der Waals surface area contributed by atoms with Gasteiger partial charge in [-0.25, -0.2) is 4.98 Å². The number of halogens is 5. The zero-order valence-corrected chi connectivity index (χ0v) is 18.3. The summed E-state index contributed by atoms with van der Waals surface area (Å²) in [5.74, 6) is -0.660. The zero-order chi connectivity index (χ0) is 23.3. The van der Waals surface area contributed by atoms with Gasteiger partial charge in [-0.2, -0.15) is 13.2 Å². The Balaban J connectivity index is 1.44. The Morgan fingerprint density at radius 2 is 1.56 bits per heavy atom. The maximum atomic E-state index is 13.0. The first-order valence-electron chi connectivity index (χ1n) is 9.63. The van der Waals surface area contributed by atoms with Crippen molar-refractivity contribution in [1.82, 2.24) is 14.8 Å². The monoisotopic (exact) mass is 489 g/mol. The molecular weight excluding hydrogens is 470 g/mol. The minimum Gasteiger partial charge on any atom is -0.325 e. The molecule has 0 aliphatic carbocycles. The first-order valence-corrected chi connectivity index (χ1v) is 10.4. The number of nitrogens with zero attached hydrogens (tertiary/aromatic N) is 3. The number of carbonyl (C=O) groups is 2. The van der Waals surface area contributed by atoms with E-state index in [0.29, 0.717) is 31.9 Å². The van der Waals surface area contributed by atoms with Gasteiger partial charge in [0.15, 0.2) is 5.15 Å². The van der Waals surface area contributed by atoms with E-state index in [9.17, 15) is 22.8 Å². The van der Waals surface area contributed by atoms with Crippen LogP contribution in [0.5, 0.6) is 0 Å². The number of carbonyl (C=O) groups excluding carboxylic acids is 2. The number of rotatable bonds is 6. The fraction of sp³-hybridized carbons (Fsp3) is 0.350. The Hall–Kier alpha value is -2.40. The number of piperazine rings is 1. The summed E-state index contributed by atoms with van der Waals surface area (Å²) in [6.45, 7) is 2.36. The lowest BCUT2D eigenvalue weighted by atomic mass is 10.2. The Bertz CT molecular complexity index is 982. The molecule has 2 heterocycles. The summed E-state index contributed by atoms with van der Waals surface area (Å²) in [5, 5.41) is 4.95. The summed E-state index contributed by atoms with van der Waals surface area (Å²) in [6, 6.07) is 6.55. The van der Waals surface area contributed by atoms with E-state index in [0.717, 1.165) is 12.1 Å². The molecule has 12 heteroatoms. The highest BCUT2D eigenvalue weighted by Crippen LogP contribution is 2.36. The third-order valence-electron chi connectivity index (χ3n) is 4.79. The summed E-state index contributed by atoms with van der Waals surface area (Å²) < 4.78 is 38.9. The number of benzene rings is 1. The Morgan fingerprint density at radius 3 is 2.12 bits per heavy atom. The van der Waals surface area contributed by atoms with Crippen molar-refractivity contribution in [3.63, 3.8) is 0 Å². The van der Waals surface area contributed by atoms with Crippen LogP contribution in [0.4, 0.5) is 24.5 Å². The van der Waals surface area contributed by atoms with Crippen LogP contribution >= 0.6 is 23.2 Å². The minimum atomic E-state index is -4.61. The Labute approximate surface area is 192 Å². The van der Waals surface area contributed by atoms with Crippen molar-refractivity contribution < 1.29 is 22.8 Å². The van der Waals surface area contributed by atoms with E-state index in [2.05, 4.69) is 15.6 Å². The van der Waals surface area contributed by atoms with Crippen molar-refractivity contribution in [2.45, 2.75) is 6.18 Å². The Morgan fingerprint density at radius 1 is 0.969 bits per heavy atom. The summed E-state index contributed by atoms with van der Waals surface area (Å²) >= 11 is 11.5. The van der Waals surface area contributed by atoms with Gasteiger partial charge in [-0.1, -0.05) is 23.2 Å². The van der Waals surface area contributed by atoms with Crippen molar-refractivity contribution in [1.29, 1.82) is 0 Å². The molecule has 2 aromatic rings. The van der Waals surface area contributed by atoms with Gasteiger partial charge >= 0.3 is 6.18 Å². The first-order chi connectivity index (χ1) is 15.1. The molecule has 0 radical (unpaired) electrons. The highest BCUT2D eigenvalue weighted by atomic mass is 35.5. The van der Waals surface area contributed by atoms with Crippen LogP contribution in [0, 0.1) is 0 Å². The van der Waals surface area contributed by atoms with E-state index < -0.39 is 22.7 Å². The van der Waals surface area contributed by atoms with E-state index in [-0.39, 0.29) is 29.8 Å². The summed E-state index contributed by atoms with van der Waals surface area (Å²) in [6.07, 6.45) is -3.08. The van der Waals surface area contributed by atoms with Crippen molar-refractivity contribution in [3.05, 3.63) is 52.3 Å². The molecular formula is C20H20Cl2F3N5O2. The molecule has 0 atom stereocenters. The lowest BCUT2D eigenvalue weighted by Gasteiger charge is -2.33. The molecule has 2 N–H and O–H groups in total. The summed E-state index contributed by atoms with van der Waals surface area (Å²) in [4.78, 5) is 32.2. The van der Waals surface area contributed by atoms with Crippen LogP contribution in [-0.2, 0) is 15.8 Å². The van der Waals surface area contributed by atoms with Gasteiger partial charge in [0.1, 0.15) is 0 Å². The van der Waals surface area contributed by atoms with Crippen LogP contribution in [0.25, 0.3) is 0 Å². The lowest BCUT2D eigenvalue weighted by Crippen LogP contribution is -2.50. The molecule has 0 spiro atoms. The molecule has 0 bridgehead atoms. The molecule has 2 amide bonds. The van der Waals surface area contributed by atoms with Gasteiger partial charge < -0.3 is 10.6 Å². The summed E-state index contributed by atoms with van der Waals surface area (Å²) in [7, 11) is 0. The van der Waals surface area contributed by atoms with Gasteiger partial charge in [-0.15, -0.1) is 0 Å². The number of amides is 2. The molecule has 1 aromatic carbocycles. The van der Waals surface area contributed by atoms with Gasteiger partial charge in [0.2, 0.25) is 11.8 Å². The number of hydrogen-bond donors (Lipinski definition) is 2. The fourth-order valence-corrected chi connectivity index (χ4v) is 3.59. The second kappa shape index (κ2) is 10.5. The van der Waals surface area contributed by atoms with E-state index in [4.69, 9.17) is 23.2 Å². The van der Waals surface area contributed by atoms with E-state index in [1.54, 1.807) is 12.1 Å². The van der Waals surface area contributed by atoms with Gasteiger partial charge in [-0.3, -0.25) is 19.4 Å². The standard InChI is InChI=1S/C20H20Cl2F3N5O2/c21-15-4-3-13(10-14(15)20(23,24)25)27-17(31)11-29-6-8-30(9-7-29)12-18(32)28-16-2-1-5-26-19(16)22/h1-5,10H,6-9,11-12H2,(H,27,31)(H,28,32). The molecule has 172 valence electrons. The number of anilines is 2. The van der Waals surface area contributed by atoms with Gasteiger partial charge in [0, 0.05) is 38.1 Å². The number of alkyl halides is 3. The molecule has 1 saturated heterocycles. The normalized spacial score (nSPS) is 15.4. The van der Waals surface area contributed by atoms with E-state index in [1.165, 1.54) is 12.3 Å². The zero-order valence-electron chi connectivity index (χ0n) is 16.8. The van der Waals surface area contributed by atoms with Crippen LogP contribution < -0.4 is 10.6 Å². The predicted octanol–water partition coefficient (Wildman–Crippen LogP) is 3.60. The van der Waals surface area contributed by atoms with E-state index >= 15 is 0 Å². The molecule has 7 nitrogen and oxygen atoms in total. The van der Waals surface area contributed by atoms with Crippen molar-refractivity contribution in [2.75, 3.05) is 49.9 Å². The maximum Gasteiger partial charge on any atom is 0.417 e. The average Bonchev–Trinajstić information content (AvgIpc) is 2.72. The molecule has 1 fully saturated rings. The minimum absolute atomic E-state index is 0.0231. The van der Waals surface area contributed by atoms with Crippen LogP contribution in [0.15, 0.2) is 36.5 Å². The molecule has 1 aromatic heterocycles. The number of pyridine rings is 1. The molecule has 0 unspecified atom stereocenters. The number of nitrogens with one attached hydrogen (secondary N) is 2. The second-order valence-electron chi connectivity index (χ2n) is 7.18. The first kappa shape index (κ1) is 24.2. The Kier molecular flexibility index (Phi) is 7.94. The quantitative estimate of drug-likeness (QED) is 0.606. The van der Waals surface area contributed by atoms with Crippen molar-refractivity contribution >= 4 is 46.4 Å². The van der Waals surface area contributed by atoms with Crippen molar-refractivity contribution in [2.24, 2.45) is 0 Å². The third kappa shape index (κ3) is 6.80. The van der Waals surface area contributed by atoms with Gasteiger partial charge in [-0.05, 0) is 30.3 Å². The van der Waals surface area contributed by atoms with Crippen LogP contribution in [0.2, 0.25) is 10.2 Å². The lowest BCUT2D eigenvalue weighted by molar-refractivity contribution is -0.137. The third-order valence-corrected chi connectivity index (χ3v) is 5.42. The molecule has 3 rings (SSSR count). The SMILES string of the molecule is O=C(CN1CCN(CC(=O)Nc2cccnc2Cl)CC1)Nc1ccc(Cl)c(C(F)(F)F)c1. The number of hydrogen-bond acceptors (Lipinski definition) is 5. The molecule has 1 aliphatic heterocycles. The summed E-state index contributed by atoms with van der Waals surface area (Å²) in [5.41, 5.74) is -0.544. The topological polar surface area (TPSA) is 77.6 Å². The predicted molar refractivity (Wildman–Crippen MR) is 116 cm³/mol. The molecule has 0 saturated carbocycles. The highest BCUT2D eigenvalue weighted by molar-refractivity contribution is 6.32. The van der Waals surface area contributed by atoms with Gasteiger partial charge in [0.05, 0.1) is 29.4 Å². The van der Waals surface area contributed by atoms with Crippen LogP contribution in [-0.4, -0.2) is 65.9 Å². The van der Waals surface area contributed by atoms with Crippen LogP contribution in [0.3, 0.4) is 0 Å². The number of aromatic nitrogens is 1. The highest BCUT2D eigenvalue weighted by Gasteiger charge is 2.33. The fourth-order valence-electron chi connectivity index (χ4n) is 3.20. The smallest absolute Gasteiger partial charge is 0.325 e. The van der Waals surface area contributed by atoms with Crippen molar-refractivity contribution in [3.8, 4) is 0 Å². The van der Waals surface area contributed by atoms with Gasteiger partial charge in [0.25, 0.3) is 0 Å². The average molecular weight is 490 g/mol. The molecule has 1 aliphatic rings. The molecule has 32 heavy (non-hydrogen) atoms. The largest absolute Gasteiger partial charge is 0.417 e. The van der Waals surface area contributed by atoms with E-state index in [1.807, 2.05) is 9.80 Å². The van der Waals surface area contributed by atoms with Crippen LogP contribution in [0.1, 0.15) is 5.56 Å². The second-order valence-corrected chi connectivity index (χ2v) is 7.95.